The maximum atomic E-state index is 13.0. The van der Waals surface area contributed by atoms with E-state index in [1.54, 1.807) is 0 Å². The highest BCUT2D eigenvalue weighted by Gasteiger charge is 2.34. The van der Waals surface area contributed by atoms with Gasteiger partial charge < -0.3 is 5.73 Å². The van der Waals surface area contributed by atoms with Crippen LogP contribution in [0.3, 0.4) is 0 Å². The number of hydrogen-bond acceptors (Lipinski definition) is 1. The minimum atomic E-state index is -4.68. The highest BCUT2D eigenvalue weighted by molar-refractivity contribution is 5.29. The Morgan fingerprint density at radius 1 is 1.29 bits per heavy atom. The topological polar surface area (TPSA) is 26.0 Å². The SMILES string of the molecule is CCCC[C@H](N)c1ccc(F)c(C(F)(F)F)c1. The summed E-state index contributed by atoms with van der Waals surface area (Å²) in [6, 6.07) is 2.46. The molecule has 0 bridgehead atoms. The smallest absolute Gasteiger partial charge is 0.324 e. The van der Waals surface area contributed by atoms with Crippen LogP contribution in [0.1, 0.15) is 43.4 Å². The molecule has 0 fully saturated rings. The molecule has 1 aromatic rings. The van der Waals surface area contributed by atoms with Crippen molar-refractivity contribution in [2.45, 2.75) is 38.4 Å². The van der Waals surface area contributed by atoms with E-state index in [0.717, 1.165) is 25.0 Å². The lowest BCUT2D eigenvalue weighted by atomic mass is 9.99. The number of hydrogen-bond donors (Lipinski definition) is 1. The molecule has 0 unspecified atom stereocenters. The Bertz CT molecular complexity index is 373. The van der Waals surface area contributed by atoms with Crippen LogP contribution < -0.4 is 5.73 Å². The average molecular weight is 249 g/mol. The third-order valence-corrected chi connectivity index (χ3v) is 2.59. The Kier molecular flexibility index (Phi) is 4.51. The van der Waals surface area contributed by atoms with E-state index in [2.05, 4.69) is 0 Å². The normalized spacial score (nSPS) is 13.8. The number of benzene rings is 1. The molecule has 1 rings (SSSR count). The van der Waals surface area contributed by atoms with Crippen LogP contribution in [0.5, 0.6) is 0 Å². The van der Waals surface area contributed by atoms with E-state index < -0.39 is 23.6 Å². The third-order valence-electron chi connectivity index (χ3n) is 2.59. The van der Waals surface area contributed by atoms with Crippen LogP contribution in [0.4, 0.5) is 17.6 Å². The van der Waals surface area contributed by atoms with Crippen molar-refractivity contribution in [3.63, 3.8) is 0 Å². The third kappa shape index (κ3) is 3.70. The predicted molar refractivity (Wildman–Crippen MR) is 57.9 cm³/mol. The van der Waals surface area contributed by atoms with Gasteiger partial charge in [-0.1, -0.05) is 25.8 Å². The lowest BCUT2D eigenvalue weighted by Crippen LogP contribution is -2.14. The molecule has 17 heavy (non-hydrogen) atoms. The van der Waals surface area contributed by atoms with Gasteiger partial charge in [0.2, 0.25) is 0 Å². The van der Waals surface area contributed by atoms with Crippen LogP contribution >= 0.6 is 0 Å². The van der Waals surface area contributed by atoms with Crippen molar-refractivity contribution >= 4 is 0 Å². The summed E-state index contributed by atoms with van der Waals surface area (Å²) in [7, 11) is 0. The fourth-order valence-electron chi connectivity index (χ4n) is 1.58. The summed E-state index contributed by atoms with van der Waals surface area (Å²) in [4.78, 5) is 0. The monoisotopic (exact) mass is 249 g/mol. The molecule has 1 nitrogen and oxygen atoms in total. The Labute approximate surface area is 97.6 Å². The zero-order chi connectivity index (χ0) is 13.1. The van der Waals surface area contributed by atoms with Gasteiger partial charge in [-0.2, -0.15) is 13.2 Å². The second kappa shape index (κ2) is 5.49. The number of nitrogens with two attached hydrogens (primary N) is 1. The summed E-state index contributed by atoms with van der Waals surface area (Å²) in [5, 5.41) is 0. The van der Waals surface area contributed by atoms with Gasteiger partial charge in [-0.05, 0) is 24.1 Å². The Morgan fingerprint density at radius 2 is 1.94 bits per heavy atom. The highest BCUT2D eigenvalue weighted by atomic mass is 19.4. The van der Waals surface area contributed by atoms with Gasteiger partial charge in [0, 0.05) is 6.04 Å². The number of unbranched alkanes of at least 4 members (excludes halogenated alkanes) is 1. The molecular weight excluding hydrogens is 234 g/mol. The number of alkyl halides is 3. The van der Waals surface area contributed by atoms with Gasteiger partial charge in [0.1, 0.15) is 5.82 Å². The molecule has 2 N–H and O–H groups in total. The molecule has 0 heterocycles. The van der Waals surface area contributed by atoms with Gasteiger partial charge in [0.25, 0.3) is 0 Å². The quantitative estimate of drug-likeness (QED) is 0.801. The van der Waals surface area contributed by atoms with Gasteiger partial charge >= 0.3 is 6.18 Å². The van der Waals surface area contributed by atoms with E-state index in [1.807, 2.05) is 6.92 Å². The first-order valence-electron chi connectivity index (χ1n) is 5.48. The van der Waals surface area contributed by atoms with Gasteiger partial charge in [-0.15, -0.1) is 0 Å². The van der Waals surface area contributed by atoms with Crippen molar-refractivity contribution < 1.29 is 17.6 Å². The average Bonchev–Trinajstić information content (AvgIpc) is 2.25. The molecule has 0 aliphatic heterocycles. The van der Waals surface area contributed by atoms with E-state index in [-0.39, 0.29) is 0 Å². The molecule has 1 aromatic carbocycles. The fourth-order valence-corrected chi connectivity index (χ4v) is 1.58. The summed E-state index contributed by atoms with van der Waals surface area (Å²) >= 11 is 0. The van der Waals surface area contributed by atoms with Crippen molar-refractivity contribution in [3.8, 4) is 0 Å². The van der Waals surface area contributed by atoms with Crippen LogP contribution in [0.15, 0.2) is 18.2 Å². The summed E-state index contributed by atoms with van der Waals surface area (Å²) in [6.45, 7) is 1.97. The van der Waals surface area contributed by atoms with Gasteiger partial charge in [-0.3, -0.25) is 0 Å². The molecule has 0 saturated carbocycles. The molecule has 0 aromatic heterocycles. The summed E-state index contributed by atoms with van der Waals surface area (Å²) in [6.07, 6.45) is -2.33. The van der Waals surface area contributed by atoms with Crippen LogP contribution in [0, 0.1) is 5.82 Å². The Balaban J connectivity index is 2.96. The maximum absolute atomic E-state index is 13.0. The maximum Gasteiger partial charge on any atom is 0.419 e. The van der Waals surface area contributed by atoms with Crippen molar-refractivity contribution in [1.29, 1.82) is 0 Å². The molecule has 0 spiro atoms. The van der Waals surface area contributed by atoms with Gasteiger partial charge in [-0.25, -0.2) is 4.39 Å². The zero-order valence-electron chi connectivity index (χ0n) is 9.52. The van der Waals surface area contributed by atoms with E-state index in [1.165, 1.54) is 6.07 Å². The second-order valence-electron chi connectivity index (χ2n) is 3.99. The van der Waals surface area contributed by atoms with Gasteiger partial charge in [0.05, 0.1) is 5.56 Å². The van der Waals surface area contributed by atoms with Crippen molar-refractivity contribution in [2.75, 3.05) is 0 Å². The lowest BCUT2D eigenvalue weighted by Gasteiger charge is -2.14. The Hall–Kier alpha value is -1.10. The molecule has 0 saturated heterocycles. The molecule has 1 atom stereocenters. The second-order valence-corrected chi connectivity index (χ2v) is 3.99. The molecule has 0 amide bonds. The molecule has 0 aliphatic carbocycles. The van der Waals surface area contributed by atoms with Crippen LogP contribution in [0.2, 0.25) is 0 Å². The lowest BCUT2D eigenvalue weighted by molar-refractivity contribution is -0.140. The van der Waals surface area contributed by atoms with E-state index >= 15 is 0 Å². The first-order valence-corrected chi connectivity index (χ1v) is 5.48. The summed E-state index contributed by atoms with van der Waals surface area (Å²) in [5.74, 6) is -1.26. The van der Waals surface area contributed by atoms with E-state index in [4.69, 9.17) is 5.73 Å². The first kappa shape index (κ1) is 14.0. The van der Waals surface area contributed by atoms with E-state index in [9.17, 15) is 17.6 Å². The van der Waals surface area contributed by atoms with Crippen molar-refractivity contribution in [3.05, 3.63) is 35.1 Å². The molecule has 0 radical (unpaired) electrons. The molecule has 96 valence electrons. The zero-order valence-corrected chi connectivity index (χ0v) is 9.52. The molecule has 5 heteroatoms. The van der Waals surface area contributed by atoms with E-state index in [0.29, 0.717) is 12.0 Å². The van der Waals surface area contributed by atoms with Crippen molar-refractivity contribution in [2.24, 2.45) is 5.73 Å². The fraction of sp³-hybridized carbons (Fsp3) is 0.500. The van der Waals surface area contributed by atoms with Crippen LogP contribution in [-0.4, -0.2) is 0 Å². The van der Waals surface area contributed by atoms with Crippen molar-refractivity contribution in [1.82, 2.24) is 0 Å². The summed E-state index contributed by atoms with van der Waals surface area (Å²) in [5.41, 5.74) is 4.83. The van der Waals surface area contributed by atoms with Gasteiger partial charge in [0.15, 0.2) is 0 Å². The van der Waals surface area contributed by atoms with Crippen LogP contribution in [0.25, 0.3) is 0 Å². The minimum Gasteiger partial charge on any atom is -0.324 e. The Morgan fingerprint density at radius 3 is 2.47 bits per heavy atom. The summed E-state index contributed by atoms with van der Waals surface area (Å²) < 4.78 is 50.4. The first-order chi connectivity index (χ1) is 7.86. The largest absolute Gasteiger partial charge is 0.419 e. The molecule has 0 aliphatic rings. The number of halogens is 4. The molecular formula is C12H15F4N. The highest BCUT2D eigenvalue weighted by Crippen LogP contribution is 2.33. The minimum absolute atomic E-state index is 0.326. The number of rotatable bonds is 4. The van der Waals surface area contributed by atoms with Crippen LogP contribution in [-0.2, 0) is 6.18 Å². The standard InChI is InChI=1S/C12H15F4N/c1-2-3-4-11(17)8-5-6-10(13)9(7-8)12(14,15)16/h5-7,11H,2-4,17H2,1H3/t11-/m0/s1. The predicted octanol–water partition coefficient (Wildman–Crippen LogP) is 4.03.